The largest absolute Gasteiger partial charge is 0.504 e. The summed E-state index contributed by atoms with van der Waals surface area (Å²) in [6.07, 6.45) is 1.89. The Kier molecular flexibility index (Phi) is 2.99. The maximum absolute atomic E-state index is 9.60. The van der Waals surface area contributed by atoms with Gasteiger partial charge < -0.3 is 15.9 Å². The molecule has 1 atom stereocenters. The molecule has 0 aliphatic heterocycles. The fourth-order valence-electron chi connectivity index (χ4n) is 2.77. The number of benzene rings is 1. The number of phenols is 2. The molecule has 2 aromatic rings. The van der Waals surface area contributed by atoms with E-state index in [0.29, 0.717) is 0 Å². The zero-order valence-electron chi connectivity index (χ0n) is 11.6. The third-order valence-corrected chi connectivity index (χ3v) is 4.98. The van der Waals surface area contributed by atoms with Crippen molar-refractivity contribution in [2.75, 3.05) is 0 Å². The molecule has 0 amide bonds. The zero-order chi connectivity index (χ0) is 14.5. The lowest BCUT2D eigenvalue weighted by Gasteiger charge is -2.32. The zero-order valence-corrected chi connectivity index (χ0v) is 12.4. The Hall–Kier alpha value is -1.59. The molecule has 5 heteroatoms. The Bertz CT molecular complexity index is 664. The van der Waals surface area contributed by atoms with Crippen LogP contribution >= 0.6 is 11.3 Å². The first-order valence-electron chi connectivity index (χ1n) is 6.63. The Morgan fingerprint density at radius 2 is 2.05 bits per heavy atom. The van der Waals surface area contributed by atoms with Gasteiger partial charge in [-0.25, -0.2) is 4.98 Å². The minimum atomic E-state index is -0.125. The third kappa shape index (κ3) is 2.27. The van der Waals surface area contributed by atoms with Gasteiger partial charge in [-0.3, -0.25) is 0 Å². The van der Waals surface area contributed by atoms with Gasteiger partial charge in [-0.15, -0.1) is 11.3 Å². The van der Waals surface area contributed by atoms with Gasteiger partial charge in [0.15, 0.2) is 11.5 Å². The summed E-state index contributed by atoms with van der Waals surface area (Å²) >= 11 is 1.58. The quantitative estimate of drug-likeness (QED) is 0.705. The van der Waals surface area contributed by atoms with Crippen molar-refractivity contribution in [2.45, 2.75) is 32.7 Å². The Morgan fingerprint density at radius 3 is 2.75 bits per heavy atom. The molecule has 20 heavy (non-hydrogen) atoms. The molecule has 1 aromatic heterocycles. The molecule has 0 bridgehead atoms. The molecule has 1 heterocycles. The van der Waals surface area contributed by atoms with Gasteiger partial charge >= 0.3 is 0 Å². The average Bonchev–Trinajstić information content (AvgIpc) is 2.75. The van der Waals surface area contributed by atoms with E-state index in [2.05, 4.69) is 18.8 Å². The summed E-state index contributed by atoms with van der Waals surface area (Å²) in [4.78, 5) is 5.83. The number of aromatic hydroxyl groups is 2. The van der Waals surface area contributed by atoms with Crippen LogP contribution in [0, 0.1) is 5.41 Å². The lowest BCUT2D eigenvalue weighted by molar-refractivity contribution is 0.282. The Labute approximate surface area is 121 Å². The highest BCUT2D eigenvalue weighted by molar-refractivity contribution is 7.15. The molecule has 3 rings (SSSR count). The first-order chi connectivity index (χ1) is 9.35. The highest BCUT2D eigenvalue weighted by Crippen LogP contribution is 2.44. The van der Waals surface area contributed by atoms with Crippen molar-refractivity contribution in [3.05, 3.63) is 28.8 Å². The van der Waals surface area contributed by atoms with Gasteiger partial charge in [-0.05, 0) is 36.5 Å². The molecule has 1 aromatic carbocycles. The molecule has 106 valence electrons. The SMILES string of the molecule is CC1(C)Cc2nc(-c3ccc(O)c(O)c3)sc2C(N)C1. The van der Waals surface area contributed by atoms with E-state index in [1.807, 2.05) is 0 Å². The molecule has 0 saturated carbocycles. The van der Waals surface area contributed by atoms with E-state index in [9.17, 15) is 10.2 Å². The number of hydrogen-bond donors (Lipinski definition) is 3. The summed E-state index contributed by atoms with van der Waals surface area (Å²) in [6.45, 7) is 4.42. The number of nitrogens with two attached hydrogens (primary N) is 1. The standard InChI is InChI=1S/C15H18N2O2S/c1-15(2)6-9(16)13-10(7-15)17-14(20-13)8-3-4-11(18)12(19)5-8/h3-5,9,18-19H,6-7,16H2,1-2H3. The summed E-state index contributed by atoms with van der Waals surface area (Å²) in [5, 5.41) is 19.8. The highest BCUT2D eigenvalue weighted by Gasteiger charge is 2.33. The van der Waals surface area contributed by atoms with E-state index in [-0.39, 0.29) is 23.0 Å². The van der Waals surface area contributed by atoms with Crippen LogP contribution in [-0.4, -0.2) is 15.2 Å². The normalized spacial score (nSPS) is 20.6. The molecular formula is C15H18N2O2S. The van der Waals surface area contributed by atoms with E-state index >= 15 is 0 Å². The van der Waals surface area contributed by atoms with Crippen molar-refractivity contribution in [2.24, 2.45) is 11.1 Å². The minimum absolute atomic E-state index is 0.0331. The Morgan fingerprint density at radius 1 is 1.30 bits per heavy atom. The van der Waals surface area contributed by atoms with Crippen LogP contribution in [0.15, 0.2) is 18.2 Å². The average molecular weight is 290 g/mol. The van der Waals surface area contributed by atoms with Crippen LogP contribution in [-0.2, 0) is 6.42 Å². The van der Waals surface area contributed by atoms with Gasteiger partial charge in [-0.1, -0.05) is 13.8 Å². The first kappa shape index (κ1) is 13.4. The van der Waals surface area contributed by atoms with E-state index in [1.54, 1.807) is 17.4 Å². The lowest BCUT2D eigenvalue weighted by Crippen LogP contribution is -2.28. The predicted octanol–water partition coefficient (Wildman–Crippen LogP) is 3.19. The molecule has 1 aliphatic rings. The van der Waals surface area contributed by atoms with E-state index in [4.69, 9.17) is 5.73 Å². The third-order valence-electron chi connectivity index (χ3n) is 3.71. The van der Waals surface area contributed by atoms with Crippen LogP contribution in [0.1, 0.15) is 36.9 Å². The van der Waals surface area contributed by atoms with Gasteiger partial charge in [0.2, 0.25) is 0 Å². The monoisotopic (exact) mass is 290 g/mol. The molecule has 0 spiro atoms. The van der Waals surface area contributed by atoms with Crippen LogP contribution < -0.4 is 5.73 Å². The number of rotatable bonds is 1. The van der Waals surface area contributed by atoms with Crippen LogP contribution in [0.25, 0.3) is 10.6 Å². The van der Waals surface area contributed by atoms with Gasteiger partial charge in [0.1, 0.15) is 5.01 Å². The molecule has 1 aliphatic carbocycles. The fourth-order valence-corrected chi connectivity index (χ4v) is 3.85. The maximum Gasteiger partial charge on any atom is 0.158 e. The lowest BCUT2D eigenvalue weighted by atomic mass is 9.77. The van der Waals surface area contributed by atoms with Crippen LogP contribution in [0.3, 0.4) is 0 Å². The molecule has 0 saturated heterocycles. The second-order valence-electron chi connectivity index (χ2n) is 6.19. The predicted molar refractivity (Wildman–Crippen MR) is 79.9 cm³/mol. The fraction of sp³-hybridized carbons (Fsp3) is 0.400. The van der Waals surface area contributed by atoms with E-state index in [1.165, 1.54) is 12.1 Å². The van der Waals surface area contributed by atoms with Gasteiger partial charge in [0.05, 0.1) is 5.69 Å². The number of phenolic OH excluding ortho intramolecular Hbond substituents is 2. The molecule has 0 fully saturated rings. The van der Waals surface area contributed by atoms with Crippen molar-refractivity contribution in [3.63, 3.8) is 0 Å². The van der Waals surface area contributed by atoms with Gasteiger partial charge in [-0.2, -0.15) is 0 Å². The molecular weight excluding hydrogens is 272 g/mol. The van der Waals surface area contributed by atoms with E-state index < -0.39 is 0 Å². The molecule has 4 N–H and O–H groups in total. The van der Waals surface area contributed by atoms with E-state index in [0.717, 1.165) is 34.0 Å². The minimum Gasteiger partial charge on any atom is -0.504 e. The van der Waals surface area contributed by atoms with Crippen molar-refractivity contribution in [1.29, 1.82) is 0 Å². The second-order valence-corrected chi connectivity index (χ2v) is 7.22. The molecule has 1 unspecified atom stereocenters. The number of nitrogens with zero attached hydrogens (tertiary/aromatic N) is 1. The summed E-state index contributed by atoms with van der Waals surface area (Å²) in [5.74, 6) is -0.242. The van der Waals surface area contributed by atoms with Crippen molar-refractivity contribution in [1.82, 2.24) is 4.98 Å². The number of hydrogen-bond acceptors (Lipinski definition) is 5. The van der Waals surface area contributed by atoms with Crippen molar-refractivity contribution in [3.8, 4) is 22.1 Å². The van der Waals surface area contributed by atoms with Crippen LogP contribution in [0.2, 0.25) is 0 Å². The van der Waals surface area contributed by atoms with Crippen molar-refractivity contribution >= 4 is 11.3 Å². The highest BCUT2D eigenvalue weighted by atomic mass is 32.1. The Balaban J connectivity index is 2.03. The maximum atomic E-state index is 9.60. The van der Waals surface area contributed by atoms with Gasteiger partial charge in [0, 0.05) is 16.5 Å². The smallest absolute Gasteiger partial charge is 0.158 e. The summed E-state index contributed by atoms with van der Waals surface area (Å²) in [6, 6.07) is 4.81. The number of fused-ring (bicyclic) bond motifs is 1. The van der Waals surface area contributed by atoms with Gasteiger partial charge in [0.25, 0.3) is 0 Å². The summed E-state index contributed by atoms with van der Waals surface area (Å²) < 4.78 is 0. The topological polar surface area (TPSA) is 79.4 Å². The molecule has 0 radical (unpaired) electrons. The number of aromatic nitrogens is 1. The second kappa shape index (κ2) is 4.46. The van der Waals surface area contributed by atoms with Crippen molar-refractivity contribution < 1.29 is 10.2 Å². The number of thiazole rings is 1. The van der Waals surface area contributed by atoms with Crippen LogP contribution in [0.5, 0.6) is 11.5 Å². The molecule has 4 nitrogen and oxygen atoms in total. The van der Waals surface area contributed by atoms with Crippen LogP contribution in [0.4, 0.5) is 0 Å². The summed E-state index contributed by atoms with van der Waals surface area (Å²) in [5.41, 5.74) is 8.30. The first-order valence-corrected chi connectivity index (χ1v) is 7.45. The summed E-state index contributed by atoms with van der Waals surface area (Å²) in [7, 11) is 0.